The molecule has 3 nitrogen and oxygen atoms in total. The van der Waals surface area contributed by atoms with Gasteiger partial charge in [0.25, 0.3) is 5.91 Å². The fraction of sp³-hybridized carbons (Fsp3) is 0.562. The molecule has 0 aliphatic carbocycles. The van der Waals surface area contributed by atoms with Crippen LogP contribution < -0.4 is 0 Å². The molecule has 1 amide bonds. The van der Waals surface area contributed by atoms with Gasteiger partial charge < -0.3 is 10.0 Å². The Hall–Kier alpha value is -1.35. The number of carbonyl (C=O) groups excluding carboxylic acids is 1. The lowest BCUT2D eigenvalue weighted by atomic mass is 9.94. The highest BCUT2D eigenvalue weighted by Crippen LogP contribution is 2.25. The minimum atomic E-state index is 0.141. The van der Waals surface area contributed by atoms with Gasteiger partial charge in [0.2, 0.25) is 0 Å². The summed E-state index contributed by atoms with van der Waals surface area (Å²) >= 11 is 0. The summed E-state index contributed by atoms with van der Waals surface area (Å²) in [5.41, 5.74) is 1.97. The Morgan fingerprint density at radius 1 is 1.32 bits per heavy atom. The second kappa shape index (κ2) is 6.20. The first kappa shape index (κ1) is 14.1. The maximum atomic E-state index is 12.3. The molecule has 1 atom stereocenters. The van der Waals surface area contributed by atoms with E-state index in [1.54, 1.807) is 0 Å². The number of aliphatic hydroxyl groups is 1. The van der Waals surface area contributed by atoms with E-state index in [2.05, 4.69) is 13.8 Å². The molecule has 0 saturated heterocycles. The Labute approximate surface area is 115 Å². The molecule has 1 aromatic carbocycles. The van der Waals surface area contributed by atoms with E-state index in [1.807, 2.05) is 29.2 Å². The van der Waals surface area contributed by atoms with Crippen molar-refractivity contribution in [2.45, 2.75) is 33.2 Å². The van der Waals surface area contributed by atoms with Gasteiger partial charge in [0.15, 0.2) is 0 Å². The van der Waals surface area contributed by atoms with Crippen molar-refractivity contribution < 1.29 is 9.90 Å². The van der Waals surface area contributed by atoms with Gasteiger partial charge in [0.1, 0.15) is 0 Å². The number of benzene rings is 1. The standard InChI is InChI=1S/C16H23NO2/c1-12(2)9-13(7-8-18)10-17-11-14-5-3-4-6-15(14)16(17)19/h3-6,12-13,18H,7-11H2,1-2H3. The van der Waals surface area contributed by atoms with Gasteiger partial charge in [-0.25, -0.2) is 0 Å². The lowest BCUT2D eigenvalue weighted by molar-refractivity contribution is 0.0731. The van der Waals surface area contributed by atoms with Crippen molar-refractivity contribution in [1.29, 1.82) is 0 Å². The van der Waals surface area contributed by atoms with Crippen LogP contribution >= 0.6 is 0 Å². The van der Waals surface area contributed by atoms with Crippen molar-refractivity contribution in [3.05, 3.63) is 35.4 Å². The highest BCUT2D eigenvalue weighted by molar-refractivity contribution is 5.98. The van der Waals surface area contributed by atoms with E-state index < -0.39 is 0 Å². The number of hydrogen-bond donors (Lipinski definition) is 1. The zero-order valence-corrected chi connectivity index (χ0v) is 11.8. The predicted molar refractivity (Wildman–Crippen MR) is 75.8 cm³/mol. The van der Waals surface area contributed by atoms with Crippen LogP contribution in [0.4, 0.5) is 0 Å². The summed E-state index contributed by atoms with van der Waals surface area (Å²) in [4.78, 5) is 14.2. The summed E-state index contributed by atoms with van der Waals surface area (Å²) in [6, 6.07) is 7.83. The van der Waals surface area contributed by atoms with Gasteiger partial charge in [-0.15, -0.1) is 0 Å². The van der Waals surface area contributed by atoms with Crippen molar-refractivity contribution in [2.24, 2.45) is 11.8 Å². The maximum absolute atomic E-state index is 12.3. The smallest absolute Gasteiger partial charge is 0.254 e. The van der Waals surface area contributed by atoms with E-state index in [0.29, 0.717) is 11.8 Å². The molecule has 0 radical (unpaired) electrons. The summed E-state index contributed by atoms with van der Waals surface area (Å²) in [5.74, 6) is 1.13. The van der Waals surface area contributed by atoms with E-state index in [9.17, 15) is 4.79 Å². The Balaban J connectivity index is 2.02. The van der Waals surface area contributed by atoms with Gasteiger partial charge in [0.05, 0.1) is 0 Å². The van der Waals surface area contributed by atoms with Crippen LogP contribution in [0, 0.1) is 11.8 Å². The first-order chi connectivity index (χ1) is 9.11. The summed E-state index contributed by atoms with van der Waals surface area (Å²) in [6.07, 6.45) is 1.83. The van der Waals surface area contributed by atoms with Crippen LogP contribution in [0.3, 0.4) is 0 Å². The quantitative estimate of drug-likeness (QED) is 0.855. The number of rotatable bonds is 6. The number of amides is 1. The van der Waals surface area contributed by atoms with Crippen molar-refractivity contribution in [3.63, 3.8) is 0 Å². The Kier molecular flexibility index (Phi) is 4.59. The molecular formula is C16H23NO2. The molecule has 0 aromatic heterocycles. The summed E-state index contributed by atoms with van der Waals surface area (Å²) < 4.78 is 0. The Bertz CT molecular complexity index is 442. The molecule has 19 heavy (non-hydrogen) atoms. The molecule has 0 fully saturated rings. The minimum Gasteiger partial charge on any atom is -0.396 e. The molecule has 104 valence electrons. The van der Waals surface area contributed by atoms with Gasteiger partial charge in [0, 0.05) is 25.3 Å². The molecule has 1 aliphatic rings. The second-order valence-corrected chi connectivity index (χ2v) is 5.85. The Morgan fingerprint density at radius 3 is 2.68 bits per heavy atom. The van der Waals surface area contributed by atoms with Crippen LogP contribution in [0.25, 0.3) is 0 Å². The number of nitrogens with zero attached hydrogens (tertiary/aromatic N) is 1. The third-order valence-corrected chi connectivity index (χ3v) is 3.72. The van der Waals surface area contributed by atoms with E-state index in [4.69, 9.17) is 5.11 Å². The van der Waals surface area contributed by atoms with Gasteiger partial charge in [-0.2, -0.15) is 0 Å². The molecule has 0 spiro atoms. The zero-order chi connectivity index (χ0) is 13.8. The minimum absolute atomic E-state index is 0.141. The summed E-state index contributed by atoms with van der Waals surface area (Å²) in [6.45, 7) is 6.05. The molecule has 0 saturated carbocycles. The SMILES string of the molecule is CC(C)CC(CCO)CN1Cc2ccccc2C1=O. The van der Waals surface area contributed by atoms with E-state index in [-0.39, 0.29) is 12.5 Å². The lowest BCUT2D eigenvalue weighted by Crippen LogP contribution is -2.31. The van der Waals surface area contributed by atoms with Gasteiger partial charge >= 0.3 is 0 Å². The van der Waals surface area contributed by atoms with Crippen LogP contribution in [-0.2, 0) is 6.54 Å². The molecule has 0 bridgehead atoms. The third kappa shape index (κ3) is 3.35. The topological polar surface area (TPSA) is 40.5 Å². The lowest BCUT2D eigenvalue weighted by Gasteiger charge is -2.24. The van der Waals surface area contributed by atoms with E-state index in [1.165, 1.54) is 0 Å². The molecule has 2 rings (SSSR count). The van der Waals surface area contributed by atoms with Crippen molar-refractivity contribution in [1.82, 2.24) is 4.90 Å². The number of hydrogen-bond acceptors (Lipinski definition) is 2. The molecule has 3 heteroatoms. The average molecular weight is 261 g/mol. The first-order valence-electron chi connectivity index (χ1n) is 7.10. The van der Waals surface area contributed by atoms with Gasteiger partial charge in [-0.3, -0.25) is 4.79 Å². The van der Waals surface area contributed by atoms with E-state index >= 15 is 0 Å². The molecule has 1 N–H and O–H groups in total. The largest absolute Gasteiger partial charge is 0.396 e. The number of aliphatic hydroxyl groups excluding tert-OH is 1. The van der Waals surface area contributed by atoms with Crippen molar-refractivity contribution in [3.8, 4) is 0 Å². The summed E-state index contributed by atoms with van der Waals surface area (Å²) in [7, 11) is 0. The highest BCUT2D eigenvalue weighted by Gasteiger charge is 2.28. The monoisotopic (exact) mass is 261 g/mol. The fourth-order valence-corrected chi connectivity index (χ4v) is 2.91. The fourth-order valence-electron chi connectivity index (χ4n) is 2.91. The summed E-state index contributed by atoms with van der Waals surface area (Å²) in [5, 5.41) is 9.16. The number of fused-ring (bicyclic) bond motifs is 1. The predicted octanol–water partition coefficient (Wildman–Crippen LogP) is 2.69. The molecular weight excluding hydrogens is 238 g/mol. The van der Waals surface area contributed by atoms with Crippen molar-refractivity contribution >= 4 is 5.91 Å². The number of carbonyl (C=O) groups is 1. The Morgan fingerprint density at radius 2 is 2.05 bits per heavy atom. The van der Waals surface area contributed by atoms with Crippen LogP contribution in [0.1, 0.15) is 42.6 Å². The molecule has 1 unspecified atom stereocenters. The van der Waals surface area contributed by atoms with Crippen LogP contribution in [0.2, 0.25) is 0 Å². The van der Waals surface area contributed by atoms with Gasteiger partial charge in [-0.1, -0.05) is 32.0 Å². The highest BCUT2D eigenvalue weighted by atomic mass is 16.3. The second-order valence-electron chi connectivity index (χ2n) is 5.85. The van der Waals surface area contributed by atoms with Crippen LogP contribution in [0.15, 0.2) is 24.3 Å². The maximum Gasteiger partial charge on any atom is 0.254 e. The third-order valence-electron chi connectivity index (χ3n) is 3.72. The van der Waals surface area contributed by atoms with Crippen LogP contribution in [0.5, 0.6) is 0 Å². The van der Waals surface area contributed by atoms with Crippen molar-refractivity contribution in [2.75, 3.05) is 13.2 Å². The van der Waals surface area contributed by atoms with Crippen LogP contribution in [-0.4, -0.2) is 29.1 Å². The molecule has 1 aromatic rings. The zero-order valence-electron chi connectivity index (χ0n) is 11.8. The average Bonchev–Trinajstić information content (AvgIpc) is 2.67. The van der Waals surface area contributed by atoms with E-state index in [0.717, 1.165) is 37.1 Å². The first-order valence-corrected chi connectivity index (χ1v) is 7.10. The van der Waals surface area contributed by atoms with Gasteiger partial charge in [-0.05, 0) is 36.3 Å². The normalized spacial score (nSPS) is 16.0. The molecule has 1 heterocycles. The molecule has 1 aliphatic heterocycles.